The fraction of sp³-hybridized carbons (Fsp3) is 0.408. The Morgan fingerprint density at radius 2 is 1.19 bits per heavy atom. The summed E-state index contributed by atoms with van der Waals surface area (Å²) in [5.41, 5.74) is 16.2. The molecule has 0 amide bonds. The molecule has 4 aromatic rings. The quantitative estimate of drug-likeness (QED) is 0.173. The maximum absolute atomic E-state index is 2.95. The molecule has 0 N–H and O–H groups in total. The second-order valence-corrected chi connectivity index (χ2v) is 24.1. The van der Waals surface area contributed by atoms with Gasteiger partial charge in [-0.3, -0.25) is 0 Å². The van der Waals surface area contributed by atoms with E-state index in [1.165, 1.54) is 74.9 Å². The first kappa shape index (κ1) is 42.4. The van der Waals surface area contributed by atoms with Crippen molar-refractivity contribution in [2.75, 3.05) is 0 Å². The van der Waals surface area contributed by atoms with E-state index in [-0.39, 0.29) is 41.1 Å². The van der Waals surface area contributed by atoms with Crippen LogP contribution in [0.5, 0.6) is 0 Å². The summed E-state index contributed by atoms with van der Waals surface area (Å²) >= 11 is -2.95. The molecule has 2 aliphatic carbocycles. The van der Waals surface area contributed by atoms with Crippen LogP contribution in [0.4, 0.5) is 0 Å². The van der Waals surface area contributed by atoms with Crippen molar-refractivity contribution in [3.8, 4) is 11.1 Å². The zero-order valence-electron chi connectivity index (χ0n) is 33.8. The van der Waals surface area contributed by atoms with Crippen molar-refractivity contribution in [2.45, 2.75) is 120 Å². The molecule has 274 valence electrons. The standard InChI is InChI=1S/C21H25.C15H14.C13H21.2ClH.Zr/c1-20(2,3)16-9-7-14-11-15-8-10-17(21(4,5)6)13-19(15)18(14)12-16;1-12-3-7-14(8-4-12)11-15-9-5-13(2)6-10-15;1-5-6-7-11-8-9-12(10-11)13(2,3)4;;;/h7,9-10,12-13H,11H2,1-6H3;3-10H,1-2H3;9-11H,5-7H2,1-4H3;2*1H;/q;;;;;+2/p-2. The van der Waals surface area contributed by atoms with Gasteiger partial charge in [-0.2, -0.15) is 0 Å². The summed E-state index contributed by atoms with van der Waals surface area (Å²) < 4.78 is 5.08. The predicted octanol–water partition coefficient (Wildman–Crippen LogP) is 6.67. The van der Waals surface area contributed by atoms with Crippen molar-refractivity contribution in [2.24, 2.45) is 11.3 Å². The zero-order valence-corrected chi connectivity index (χ0v) is 37.8. The molecule has 3 heteroatoms. The summed E-state index contributed by atoms with van der Waals surface area (Å²) in [7, 11) is 0. The van der Waals surface area contributed by atoms with Crippen molar-refractivity contribution in [1.82, 2.24) is 0 Å². The SMILES string of the molecule is CCCCC1C=C(C(C)(C)C)C=[C]1[Zr+2](=[C](c1ccc(C)cc1)c1ccc(C)cc1)[c]1cc(C(C)(C)C)cc2c1Cc1ccc(C(C)(C)C)cc1-2.[Cl-].[Cl-]. The van der Waals surface area contributed by atoms with Gasteiger partial charge in [-0.05, 0) is 0 Å². The molecular formula is C49H60Cl2Zr. The molecule has 0 saturated carbocycles. The van der Waals surface area contributed by atoms with Crippen LogP contribution in [0.2, 0.25) is 0 Å². The summed E-state index contributed by atoms with van der Waals surface area (Å²) in [6.07, 6.45) is 10.2. The fourth-order valence-corrected chi connectivity index (χ4v) is 16.4. The smallest absolute Gasteiger partial charge is 1.00 e. The van der Waals surface area contributed by atoms with Gasteiger partial charge in [0.2, 0.25) is 0 Å². The molecule has 2 aliphatic rings. The molecule has 1 atom stereocenters. The Hall–Kier alpha value is -2.31. The van der Waals surface area contributed by atoms with Crippen molar-refractivity contribution in [3.05, 3.63) is 144 Å². The van der Waals surface area contributed by atoms with Crippen LogP contribution in [0.3, 0.4) is 0 Å². The minimum atomic E-state index is -2.95. The van der Waals surface area contributed by atoms with Gasteiger partial charge in [0.05, 0.1) is 0 Å². The van der Waals surface area contributed by atoms with Crippen LogP contribution in [0.25, 0.3) is 11.1 Å². The van der Waals surface area contributed by atoms with Gasteiger partial charge in [0.25, 0.3) is 0 Å². The van der Waals surface area contributed by atoms with Crippen molar-refractivity contribution in [1.29, 1.82) is 0 Å². The average Bonchev–Trinajstić information content (AvgIpc) is 3.64. The second kappa shape index (κ2) is 16.2. The summed E-state index contributed by atoms with van der Waals surface area (Å²) in [4.78, 5) is 0. The van der Waals surface area contributed by atoms with Crippen LogP contribution in [0.1, 0.15) is 133 Å². The summed E-state index contributed by atoms with van der Waals surface area (Å²) in [6.45, 7) is 28.3. The fourth-order valence-electron chi connectivity index (χ4n) is 7.74. The normalized spacial score (nSPS) is 15.0. The number of rotatable bonds is 7. The Morgan fingerprint density at radius 1 is 0.654 bits per heavy atom. The third-order valence-corrected chi connectivity index (χ3v) is 18.8. The molecule has 1 unspecified atom stereocenters. The number of unbranched alkanes of at least 4 members (excludes halogenated alkanes) is 1. The second-order valence-electron chi connectivity index (χ2n) is 18.3. The van der Waals surface area contributed by atoms with Crippen LogP contribution >= 0.6 is 0 Å². The third kappa shape index (κ3) is 8.80. The van der Waals surface area contributed by atoms with Crippen molar-refractivity contribution >= 4 is 6.48 Å². The van der Waals surface area contributed by atoms with E-state index in [1.54, 1.807) is 15.3 Å². The average molecular weight is 811 g/mol. The molecule has 0 aromatic heterocycles. The number of benzene rings is 4. The Kier molecular flexibility index (Phi) is 13.2. The van der Waals surface area contributed by atoms with E-state index in [2.05, 4.69) is 174 Å². The summed E-state index contributed by atoms with van der Waals surface area (Å²) in [6, 6.07) is 31.7. The minimum Gasteiger partial charge on any atom is -1.00 e. The monoisotopic (exact) mass is 808 g/mol. The first-order chi connectivity index (χ1) is 23.5. The predicted molar refractivity (Wildman–Crippen MR) is 216 cm³/mol. The number of aryl methyl sites for hydroxylation is 2. The Balaban J connectivity index is 0.00000302. The van der Waals surface area contributed by atoms with Crippen LogP contribution in [0.15, 0.2) is 99.9 Å². The van der Waals surface area contributed by atoms with Gasteiger partial charge in [-0.15, -0.1) is 0 Å². The van der Waals surface area contributed by atoms with E-state index in [0.717, 1.165) is 6.42 Å². The Labute approximate surface area is 336 Å². The number of hydrogen-bond donors (Lipinski definition) is 0. The van der Waals surface area contributed by atoms with Gasteiger partial charge < -0.3 is 24.8 Å². The van der Waals surface area contributed by atoms with E-state index in [9.17, 15) is 0 Å². The molecule has 0 radical (unpaired) electrons. The molecule has 0 bridgehead atoms. The van der Waals surface area contributed by atoms with Crippen LogP contribution in [0, 0.1) is 25.2 Å². The number of halogens is 2. The van der Waals surface area contributed by atoms with Crippen molar-refractivity contribution < 1.29 is 46.1 Å². The molecule has 52 heavy (non-hydrogen) atoms. The maximum atomic E-state index is 2.72. The van der Waals surface area contributed by atoms with Gasteiger partial charge in [-0.1, -0.05) is 0 Å². The van der Waals surface area contributed by atoms with Gasteiger partial charge in [0.15, 0.2) is 0 Å². The largest absolute Gasteiger partial charge is 1.00 e. The van der Waals surface area contributed by atoms with Gasteiger partial charge in [-0.25, -0.2) is 0 Å². The van der Waals surface area contributed by atoms with Gasteiger partial charge in [0.1, 0.15) is 0 Å². The molecule has 0 heterocycles. The first-order valence-electron chi connectivity index (χ1n) is 19.1. The summed E-state index contributed by atoms with van der Waals surface area (Å²) in [5, 5.41) is 0. The Bertz CT molecular complexity index is 1950. The third-order valence-electron chi connectivity index (χ3n) is 11.1. The molecular weight excluding hydrogens is 751 g/mol. The van der Waals surface area contributed by atoms with Crippen LogP contribution in [-0.2, 0) is 38.5 Å². The molecule has 4 aromatic carbocycles. The van der Waals surface area contributed by atoms with E-state index >= 15 is 0 Å². The molecule has 0 aliphatic heterocycles. The first-order valence-corrected chi connectivity index (χ1v) is 22.8. The number of fused-ring (bicyclic) bond motifs is 3. The maximum Gasteiger partial charge on any atom is -1.00 e. The minimum absolute atomic E-state index is 0. The number of allylic oxidation sites excluding steroid dienone is 4. The number of hydrogen-bond acceptors (Lipinski definition) is 0. The molecule has 0 saturated heterocycles. The van der Waals surface area contributed by atoms with E-state index in [4.69, 9.17) is 0 Å². The van der Waals surface area contributed by atoms with Crippen LogP contribution < -0.4 is 28.1 Å². The van der Waals surface area contributed by atoms with Crippen LogP contribution in [-0.4, -0.2) is 3.21 Å². The molecule has 0 spiro atoms. The topological polar surface area (TPSA) is 0 Å². The zero-order chi connectivity index (χ0) is 36.2. The van der Waals surface area contributed by atoms with E-state index in [0.29, 0.717) is 5.92 Å². The molecule has 0 nitrogen and oxygen atoms in total. The molecule has 6 rings (SSSR count). The van der Waals surface area contributed by atoms with Gasteiger partial charge in [0, 0.05) is 0 Å². The van der Waals surface area contributed by atoms with E-state index in [1.807, 2.05) is 0 Å². The van der Waals surface area contributed by atoms with Gasteiger partial charge >= 0.3 is 314 Å². The van der Waals surface area contributed by atoms with Crippen molar-refractivity contribution in [3.63, 3.8) is 0 Å². The van der Waals surface area contributed by atoms with E-state index < -0.39 is 21.3 Å². The Morgan fingerprint density at radius 3 is 1.69 bits per heavy atom. The summed E-state index contributed by atoms with van der Waals surface area (Å²) in [5.74, 6) is 0.495. The molecule has 0 fully saturated rings.